The van der Waals surface area contributed by atoms with Crippen LogP contribution in [0, 0.1) is 5.92 Å². The molecule has 0 aromatic heterocycles. The summed E-state index contributed by atoms with van der Waals surface area (Å²) in [4.78, 5) is 17.1. The molecule has 1 amide bonds. The third-order valence-electron chi connectivity index (χ3n) is 5.12. The van der Waals surface area contributed by atoms with Gasteiger partial charge < -0.3 is 15.1 Å². The second-order valence-corrected chi connectivity index (χ2v) is 7.66. The number of hydrogen-bond acceptors (Lipinski definition) is 4. The van der Waals surface area contributed by atoms with Crippen molar-refractivity contribution in [3.63, 3.8) is 0 Å². The predicted octanol–water partition coefficient (Wildman–Crippen LogP) is 1.45. The number of hydrogen-bond donors (Lipinski definition) is 1. The highest BCUT2D eigenvalue weighted by Gasteiger charge is 2.36. The quantitative estimate of drug-likeness (QED) is 0.829. The molecule has 0 aliphatic carbocycles. The smallest absolute Gasteiger partial charge is 0.224 e. The average Bonchev–Trinajstić information content (AvgIpc) is 2.48. The SMILES string of the molecule is CN1CCCC2CN(C(=O)CC3CSCCN3)CCC21.Cl. The third-order valence-corrected chi connectivity index (χ3v) is 6.25. The Morgan fingerprint density at radius 3 is 2.95 bits per heavy atom. The Morgan fingerprint density at radius 1 is 1.33 bits per heavy atom. The lowest BCUT2D eigenvalue weighted by atomic mass is 9.84. The van der Waals surface area contributed by atoms with E-state index < -0.39 is 0 Å². The van der Waals surface area contributed by atoms with E-state index in [0.717, 1.165) is 31.4 Å². The number of fused-ring (bicyclic) bond motifs is 1. The highest BCUT2D eigenvalue weighted by Crippen LogP contribution is 2.30. The van der Waals surface area contributed by atoms with Gasteiger partial charge in [0.25, 0.3) is 0 Å². The molecule has 0 radical (unpaired) electrons. The summed E-state index contributed by atoms with van der Waals surface area (Å²) in [6.45, 7) is 4.24. The van der Waals surface area contributed by atoms with Crippen LogP contribution in [0.1, 0.15) is 25.7 Å². The Balaban J connectivity index is 0.00000161. The molecule has 0 bridgehead atoms. The minimum Gasteiger partial charge on any atom is -0.342 e. The first kappa shape index (κ1) is 17.4. The van der Waals surface area contributed by atoms with Crippen LogP contribution < -0.4 is 5.32 Å². The van der Waals surface area contributed by atoms with Gasteiger partial charge in [-0.05, 0) is 38.8 Å². The van der Waals surface area contributed by atoms with Crippen LogP contribution in [0.2, 0.25) is 0 Å². The van der Waals surface area contributed by atoms with E-state index in [-0.39, 0.29) is 12.4 Å². The fourth-order valence-electron chi connectivity index (χ4n) is 3.97. The number of likely N-dealkylation sites (tertiary alicyclic amines) is 2. The van der Waals surface area contributed by atoms with Crippen molar-refractivity contribution < 1.29 is 4.79 Å². The minimum atomic E-state index is 0. The van der Waals surface area contributed by atoms with Crippen molar-refractivity contribution in [3.8, 4) is 0 Å². The van der Waals surface area contributed by atoms with E-state index in [4.69, 9.17) is 0 Å². The highest BCUT2D eigenvalue weighted by molar-refractivity contribution is 7.99. The van der Waals surface area contributed by atoms with Gasteiger partial charge in [-0.25, -0.2) is 0 Å². The van der Waals surface area contributed by atoms with Crippen molar-refractivity contribution in [2.45, 2.75) is 37.8 Å². The number of nitrogens with zero attached hydrogens (tertiary/aromatic N) is 2. The summed E-state index contributed by atoms with van der Waals surface area (Å²) in [6.07, 6.45) is 4.46. The molecular weight excluding hydrogens is 306 g/mol. The molecule has 4 nitrogen and oxygen atoms in total. The number of nitrogens with one attached hydrogen (secondary N) is 1. The van der Waals surface area contributed by atoms with Gasteiger partial charge in [-0.2, -0.15) is 11.8 Å². The van der Waals surface area contributed by atoms with Gasteiger partial charge in [0.15, 0.2) is 0 Å². The first-order valence-corrected chi connectivity index (χ1v) is 9.18. The van der Waals surface area contributed by atoms with Crippen molar-refractivity contribution in [1.29, 1.82) is 0 Å². The summed E-state index contributed by atoms with van der Waals surface area (Å²) in [5.41, 5.74) is 0. The Kier molecular flexibility index (Phi) is 6.66. The van der Waals surface area contributed by atoms with Crippen molar-refractivity contribution in [2.24, 2.45) is 5.92 Å². The largest absolute Gasteiger partial charge is 0.342 e. The van der Waals surface area contributed by atoms with E-state index in [1.807, 2.05) is 11.8 Å². The molecule has 3 fully saturated rings. The Bertz CT molecular complexity index is 352. The maximum absolute atomic E-state index is 12.5. The summed E-state index contributed by atoms with van der Waals surface area (Å²) in [5, 5.41) is 3.48. The van der Waals surface area contributed by atoms with E-state index in [1.54, 1.807) is 0 Å². The lowest BCUT2D eigenvalue weighted by Crippen LogP contribution is -2.54. The molecule has 3 atom stereocenters. The Labute approximate surface area is 138 Å². The summed E-state index contributed by atoms with van der Waals surface area (Å²) in [6, 6.07) is 1.11. The Hall–Kier alpha value is 0.0300. The van der Waals surface area contributed by atoms with Crippen LogP contribution in [0.3, 0.4) is 0 Å². The lowest BCUT2D eigenvalue weighted by molar-refractivity contribution is -0.135. The molecular formula is C15H28ClN3OS. The van der Waals surface area contributed by atoms with Crippen LogP contribution in [-0.2, 0) is 4.79 Å². The highest BCUT2D eigenvalue weighted by atomic mass is 35.5. The first-order chi connectivity index (χ1) is 9.74. The molecule has 122 valence electrons. The molecule has 3 rings (SSSR count). The van der Waals surface area contributed by atoms with Gasteiger partial charge in [-0.1, -0.05) is 0 Å². The third kappa shape index (κ3) is 4.27. The standard InChI is InChI=1S/C15H27N3OS.ClH/c1-17-6-2-3-12-10-18(7-4-14(12)17)15(19)9-13-11-20-8-5-16-13;/h12-14,16H,2-11H2,1H3;1H. The second kappa shape index (κ2) is 8.04. The number of piperidine rings is 2. The molecule has 21 heavy (non-hydrogen) atoms. The van der Waals surface area contributed by atoms with Crippen LogP contribution in [0.25, 0.3) is 0 Å². The first-order valence-electron chi connectivity index (χ1n) is 8.03. The second-order valence-electron chi connectivity index (χ2n) is 6.51. The molecule has 3 aliphatic rings. The van der Waals surface area contributed by atoms with Gasteiger partial charge in [0, 0.05) is 49.6 Å². The fourth-order valence-corrected chi connectivity index (χ4v) is 4.92. The number of carbonyl (C=O) groups is 1. The zero-order chi connectivity index (χ0) is 13.9. The van der Waals surface area contributed by atoms with Crippen LogP contribution in [0.4, 0.5) is 0 Å². The zero-order valence-corrected chi connectivity index (χ0v) is 14.6. The predicted molar refractivity (Wildman–Crippen MR) is 91.3 cm³/mol. The summed E-state index contributed by atoms with van der Waals surface area (Å²) < 4.78 is 0. The van der Waals surface area contributed by atoms with Gasteiger partial charge in [0.05, 0.1) is 0 Å². The van der Waals surface area contributed by atoms with Crippen molar-refractivity contribution in [1.82, 2.24) is 15.1 Å². The fraction of sp³-hybridized carbons (Fsp3) is 0.933. The van der Waals surface area contributed by atoms with E-state index in [2.05, 4.69) is 22.2 Å². The van der Waals surface area contributed by atoms with Crippen LogP contribution in [0.5, 0.6) is 0 Å². The van der Waals surface area contributed by atoms with Gasteiger partial charge in [0.1, 0.15) is 0 Å². The van der Waals surface area contributed by atoms with E-state index >= 15 is 0 Å². The normalized spacial score (nSPS) is 34.0. The molecule has 6 heteroatoms. The molecule has 3 unspecified atom stereocenters. The molecule has 0 spiro atoms. The topological polar surface area (TPSA) is 35.6 Å². The maximum Gasteiger partial charge on any atom is 0.224 e. The summed E-state index contributed by atoms with van der Waals surface area (Å²) >= 11 is 1.97. The van der Waals surface area contributed by atoms with Crippen LogP contribution in [-0.4, -0.2) is 72.5 Å². The van der Waals surface area contributed by atoms with Gasteiger partial charge in [0.2, 0.25) is 5.91 Å². The van der Waals surface area contributed by atoms with E-state index in [9.17, 15) is 4.79 Å². The van der Waals surface area contributed by atoms with Gasteiger partial charge >= 0.3 is 0 Å². The van der Waals surface area contributed by atoms with E-state index in [1.165, 1.54) is 31.6 Å². The number of thioether (sulfide) groups is 1. The molecule has 3 aliphatic heterocycles. The maximum atomic E-state index is 12.5. The van der Waals surface area contributed by atoms with Crippen molar-refractivity contribution in [2.75, 3.05) is 44.7 Å². The van der Waals surface area contributed by atoms with Gasteiger partial charge in [-0.3, -0.25) is 4.79 Å². The van der Waals surface area contributed by atoms with E-state index in [0.29, 0.717) is 24.3 Å². The minimum absolute atomic E-state index is 0. The molecule has 0 aromatic rings. The number of carbonyl (C=O) groups excluding carboxylic acids is 1. The van der Waals surface area contributed by atoms with Crippen LogP contribution >= 0.6 is 24.2 Å². The van der Waals surface area contributed by atoms with Crippen LogP contribution in [0.15, 0.2) is 0 Å². The van der Waals surface area contributed by atoms with Crippen molar-refractivity contribution >= 4 is 30.1 Å². The van der Waals surface area contributed by atoms with Crippen molar-refractivity contribution in [3.05, 3.63) is 0 Å². The monoisotopic (exact) mass is 333 g/mol. The summed E-state index contributed by atoms with van der Waals surface area (Å²) in [5.74, 6) is 3.36. The number of halogens is 1. The molecule has 0 saturated carbocycles. The zero-order valence-electron chi connectivity index (χ0n) is 12.9. The molecule has 3 heterocycles. The van der Waals surface area contributed by atoms with Gasteiger partial charge in [-0.15, -0.1) is 12.4 Å². The Morgan fingerprint density at radius 2 is 2.19 bits per heavy atom. The molecule has 0 aromatic carbocycles. The summed E-state index contributed by atoms with van der Waals surface area (Å²) in [7, 11) is 2.25. The number of rotatable bonds is 2. The molecule has 3 saturated heterocycles. The average molecular weight is 334 g/mol. The lowest BCUT2D eigenvalue weighted by Gasteiger charge is -2.46. The molecule has 1 N–H and O–H groups in total. The number of amides is 1.